The molecule has 1 aliphatic heterocycles. The molecule has 3 heteroatoms. The molecule has 1 aromatic carbocycles. The molecule has 0 bridgehead atoms. The molecular formula is C13H15NO2. The van der Waals surface area contributed by atoms with Crippen molar-refractivity contribution in [2.24, 2.45) is 0 Å². The van der Waals surface area contributed by atoms with Crippen molar-refractivity contribution in [3.05, 3.63) is 29.8 Å². The molecular weight excluding hydrogens is 202 g/mol. The van der Waals surface area contributed by atoms with Crippen molar-refractivity contribution < 1.29 is 9.53 Å². The van der Waals surface area contributed by atoms with Crippen molar-refractivity contribution in [3.63, 3.8) is 0 Å². The Morgan fingerprint density at radius 2 is 2.06 bits per heavy atom. The molecule has 3 nitrogen and oxygen atoms in total. The Morgan fingerprint density at radius 3 is 2.81 bits per heavy atom. The van der Waals surface area contributed by atoms with E-state index < -0.39 is 0 Å². The van der Waals surface area contributed by atoms with Crippen molar-refractivity contribution in [1.29, 1.82) is 0 Å². The van der Waals surface area contributed by atoms with Crippen LogP contribution in [-0.4, -0.2) is 23.0 Å². The SMILES string of the molecule is C[C@@H]1Oc2ccccc2CN(C2CC2)C1=O. The highest BCUT2D eigenvalue weighted by atomic mass is 16.5. The van der Waals surface area contributed by atoms with Gasteiger partial charge in [-0.15, -0.1) is 0 Å². The number of ether oxygens (including phenoxy) is 1. The maximum Gasteiger partial charge on any atom is 0.263 e. The molecule has 0 saturated heterocycles. The number of hydrogen-bond acceptors (Lipinski definition) is 2. The molecule has 1 heterocycles. The fourth-order valence-corrected chi connectivity index (χ4v) is 2.18. The third kappa shape index (κ3) is 1.56. The first-order chi connectivity index (χ1) is 7.75. The van der Waals surface area contributed by atoms with Gasteiger partial charge in [0.25, 0.3) is 5.91 Å². The molecule has 0 aromatic heterocycles. The van der Waals surface area contributed by atoms with E-state index in [4.69, 9.17) is 4.74 Å². The van der Waals surface area contributed by atoms with E-state index in [-0.39, 0.29) is 12.0 Å². The fourth-order valence-electron chi connectivity index (χ4n) is 2.18. The number of carbonyl (C=O) groups is 1. The lowest BCUT2D eigenvalue weighted by molar-refractivity contribution is -0.138. The van der Waals surface area contributed by atoms with Crippen LogP contribution in [0.2, 0.25) is 0 Å². The summed E-state index contributed by atoms with van der Waals surface area (Å²) in [4.78, 5) is 14.1. The zero-order valence-corrected chi connectivity index (χ0v) is 9.35. The molecule has 84 valence electrons. The minimum atomic E-state index is -0.357. The van der Waals surface area contributed by atoms with Crippen LogP contribution < -0.4 is 4.74 Å². The molecule has 0 unspecified atom stereocenters. The normalized spacial score (nSPS) is 24.7. The largest absolute Gasteiger partial charge is 0.481 e. The van der Waals surface area contributed by atoms with Gasteiger partial charge in [0.1, 0.15) is 5.75 Å². The Bertz CT molecular complexity index is 426. The molecule has 16 heavy (non-hydrogen) atoms. The standard InChI is InChI=1S/C13H15NO2/c1-9-13(15)14(11-6-7-11)8-10-4-2-3-5-12(10)16-9/h2-5,9,11H,6-8H2,1H3/t9-/m0/s1. The van der Waals surface area contributed by atoms with Crippen LogP contribution >= 0.6 is 0 Å². The van der Waals surface area contributed by atoms with Gasteiger partial charge in [0, 0.05) is 18.2 Å². The summed E-state index contributed by atoms with van der Waals surface area (Å²) in [6, 6.07) is 8.37. The van der Waals surface area contributed by atoms with Gasteiger partial charge in [0.2, 0.25) is 0 Å². The van der Waals surface area contributed by atoms with Crippen LogP contribution in [-0.2, 0) is 11.3 Å². The average molecular weight is 217 g/mol. The van der Waals surface area contributed by atoms with Gasteiger partial charge in [0.05, 0.1) is 0 Å². The van der Waals surface area contributed by atoms with Crippen LogP contribution in [0.15, 0.2) is 24.3 Å². The summed E-state index contributed by atoms with van der Waals surface area (Å²) >= 11 is 0. The van der Waals surface area contributed by atoms with Gasteiger partial charge < -0.3 is 9.64 Å². The molecule has 1 saturated carbocycles. The number of para-hydroxylation sites is 1. The second-order valence-corrected chi connectivity index (χ2v) is 4.57. The van der Waals surface area contributed by atoms with Crippen LogP contribution in [0.5, 0.6) is 5.75 Å². The van der Waals surface area contributed by atoms with Crippen LogP contribution in [0.1, 0.15) is 25.3 Å². The van der Waals surface area contributed by atoms with Crippen molar-refractivity contribution in [2.45, 2.75) is 38.5 Å². The minimum absolute atomic E-state index is 0.124. The predicted octanol–water partition coefficient (Wildman–Crippen LogP) is 1.96. The summed E-state index contributed by atoms with van der Waals surface area (Å²) in [5.74, 6) is 0.977. The smallest absolute Gasteiger partial charge is 0.263 e. The van der Waals surface area contributed by atoms with E-state index >= 15 is 0 Å². The highest BCUT2D eigenvalue weighted by Crippen LogP contribution is 2.33. The van der Waals surface area contributed by atoms with Crippen molar-refractivity contribution in [1.82, 2.24) is 4.90 Å². The molecule has 0 spiro atoms. The van der Waals surface area contributed by atoms with Gasteiger partial charge in [-0.05, 0) is 25.8 Å². The molecule has 1 aliphatic carbocycles. The van der Waals surface area contributed by atoms with Crippen LogP contribution in [0, 0.1) is 0 Å². The second-order valence-electron chi connectivity index (χ2n) is 4.57. The molecule has 1 atom stereocenters. The molecule has 3 rings (SSSR count). The number of nitrogens with zero attached hydrogens (tertiary/aromatic N) is 1. The quantitative estimate of drug-likeness (QED) is 0.719. The number of hydrogen-bond donors (Lipinski definition) is 0. The third-order valence-electron chi connectivity index (χ3n) is 3.24. The van der Waals surface area contributed by atoms with Gasteiger partial charge in [-0.3, -0.25) is 4.79 Å². The summed E-state index contributed by atoms with van der Waals surface area (Å²) in [6.07, 6.45) is 1.92. The van der Waals surface area contributed by atoms with Gasteiger partial charge in [-0.2, -0.15) is 0 Å². The summed E-state index contributed by atoms with van der Waals surface area (Å²) in [6.45, 7) is 2.53. The third-order valence-corrected chi connectivity index (χ3v) is 3.24. The molecule has 1 aromatic rings. The van der Waals surface area contributed by atoms with E-state index in [9.17, 15) is 4.79 Å². The molecule has 0 radical (unpaired) electrons. The number of fused-ring (bicyclic) bond motifs is 1. The Kier molecular flexibility index (Phi) is 2.13. The van der Waals surface area contributed by atoms with Crippen LogP contribution in [0.4, 0.5) is 0 Å². The number of carbonyl (C=O) groups excluding carboxylic acids is 1. The van der Waals surface area contributed by atoms with Gasteiger partial charge >= 0.3 is 0 Å². The van der Waals surface area contributed by atoms with Crippen LogP contribution in [0.3, 0.4) is 0 Å². The van der Waals surface area contributed by atoms with Crippen molar-refractivity contribution in [3.8, 4) is 5.75 Å². The van der Waals surface area contributed by atoms with E-state index in [0.29, 0.717) is 12.6 Å². The predicted molar refractivity (Wildman–Crippen MR) is 60.1 cm³/mol. The van der Waals surface area contributed by atoms with E-state index in [1.54, 1.807) is 0 Å². The summed E-state index contributed by atoms with van der Waals surface area (Å²) in [5, 5.41) is 0. The number of amides is 1. The zero-order chi connectivity index (χ0) is 11.1. The van der Waals surface area contributed by atoms with E-state index in [1.165, 1.54) is 0 Å². The van der Waals surface area contributed by atoms with Crippen molar-refractivity contribution in [2.75, 3.05) is 0 Å². The number of rotatable bonds is 1. The van der Waals surface area contributed by atoms with Crippen LogP contribution in [0.25, 0.3) is 0 Å². The van der Waals surface area contributed by atoms with E-state index in [0.717, 1.165) is 24.2 Å². The highest BCUT2D eigenvalue weighted by molar-refractivity contribution is 5.82. The lowest BCUT2D eigenvalue weighted by Crippen LogP contribution is -2.39. The molecule has 2 aliphatic rings. The monoisotopic (exact) mass is 217 g/mol. The summed E-state index contributed by atoms with van der Waals surface area (Å²) in [7, 11) is 0. The average Bonchev–Trinajstić information content (AvgIpc) is 3.10. The minimum Gasteiger partial charge on any atom is -0.481 e. The Hall–Kier alpha value is -1.51. The number of benzene rings is 1. The summed E-state index contributed by atoms with van der Waals surface area (Å²) in [5.41, 5.74) is 1.12. The molecule has 0 N–H and O–H groups in total. The maximum atomic E-state index is 12.1. The van der Waals surface area contributed by atoms with Gasteiger partial charge in [-0.1, -0.05) is 18.2 Å². The van der Waals surface area contributed by atoms with E-state index in [2.05, 4.69) is 0 Å². The molecule has 1 fully saturated rings. The maximum absolute atomic E-state index is 12.1. The first-order valence-electron chi connectivity index (χ1n) is 5.81. The summed E-state index contributed by atoms with van der Waals surface area (Å²) < 4.78 is 5.69. The van der Waals surface area contributed by atoms with Gasteiger partial charge in [0.15, 0.2) is 6.10 Å². The fraction of sp³-hybridized carbons (Fsp3) is 0.462. The molecule has 1 amide bonds. The lowest BCUT2D eigenvalue weighted by Gasteiger charge is -2.21. The first kappa shape index (κ1) is 9.70. The first-order valence-corrected chi connectivity index (χ1v) is 5.81. The Balaban J connectivity index is 1.97. The Labute approximate surface area is 95.0 Å². The second kappa shape index (κ2) is 3.51. The lowest BCUT2D eigenvalue weighted by atomic mass is 10.2. The van der Waals surface area contributed by atoms with E-state index in [1.807, 2.05) is 36.1 Å². The zero-order valence-electron chi connectivity index (χ0n) is 9.35. The van der Waals surface area contributed by atoms with Crippen molar-refractivity contribution >= 4 is 5.91 Å². The van der Waals surface area contributed by atoms with Gasteiger partial charge in [-0.25, -0.2) is 0 Å². The highest BCUT2D eigenvalue weighted by Gasteiger charge is 2.37. The topological polar surface area (TPSA) is 29.5 Å². The Morgan fingerprint density at radius 1 is 1.31 bits per heavy atom.